The van der Waals surface area contributed by atoms with Crippen molar-refractivity contribution in [3.8, 4) is 0 Å². The minimum Gasteiger partial charge on any atom is -0.309 e. The maximum Gasteiger partial charge on any atom is 0.224 e. The summed E-state index contributed by atoms with van der Waals surface area (Å²) in [6.45, 7) is 14.2. The summed E-state index contributed by atoms with van der Waals surface area (Å²) in [6, 6.07) is 15.2. The first kappa shape index (κ1) is 16.3. The van der Waals surface area contributed by atoms with E-state index in [0.717, 1.165) is 10.9 Å². The van der Waals surface area contributed by atoms with Gasteiger partial charge in [-0.1, -0.05) is 11.6 Å². The summed E-state index contributed by atoms with van der Waals surface area (Å²) < 4.78 is 4.62. The summed E-state index contributed by atoms with van der Waals surface area (Å²) >= 11 is 0. The lowest BCUT2D eigenvalue weighted by atomic mass is 9.96. The van der Waals surface area contributed by atoms with Crippen LogP contribution in [0.15, 0.2) is 48.7 Å². The molecule has 6 rings (SSSR count). The maximum absolute atomic E-state index is 7.62. The number of fused-ring (bicyclic) bond motifs is 5. The van der Waals surface area contributed by atoms with E-state index in [2.05, 4.69) is 84.2 Å². The highest BCUT2D eigenvalue weighted by Gasteiger charge is 2.24. The lowest BCUT2D eigenvalue weighted by Crippen LogP contribution is -2.29. The van der Waals surface area contributed by atoms with Crippen molar-refractivity contribution < 1.29 is 4.57 Å². The number of rotatable bonds is 0. The molecule has 0 amide bonds. The summed E-state index contributed by atoms with van der Waals surface area (Å²) in [6.07, 6.45) is 2.12. The molecule has 0 aliphatic carbocycles. The minimum atomic E-state index is 0.682. The quantitative estimate of drug-likeness (QED) is 0.128. The molecule has 0 aliphatic rings. The molecule has 0 saturated carbocycles. The lowest BCUT2D eigenvalue weighted by molar-refractivity contribution is -0.643. The SMILES string of the molecule is [C-]#[N+]c1cc2cc[n+](C)c3c4c(C)c(C)cc5c6cc(C)ccc6n(c(c1)c23)c54. The van der Waals surface area contributed by atoms with Gasteiger partial charge in [-0.15, -0.1) is 0 Å². The number of aromatic nitrogens is 2. The standard InChI is InChI=1S/C26H20N3/c1-14-6-7-21-19(10-14)20-11-15(2)16(3)23-25(20)29(21)22-13-18(27-4)12-17-8-9-28(5)26(23)24(17)22/h6-13H,1-3,5H3/q+1. The van der Waals surface area contributed by atoms with Gasteiger partial charge in [-0.3, -0.25) is 0 Å². The Morgan fingerprint density at radius 3 is 2.52 bits per heavy atom. The number of pyridine rings is 2. The van der Waals surface area contributed by atoms with E-state index < -0.39 is 0 Å². The first-order valence-electron chi connectivity index (χ1n) is 9.89. The normalized spacial score (nSPS) is 12.1. The Hall–Kier alpha value is -3.64. The van der Waals surface area contributed by atoms with Gasteiger partial charge < -0.3 is 4.40 Å². The highest BCUT2D eigenvalue weighted by atomic mass is 15.0. The van der Waals surface area contributed by atoms with Gasteiger partial charge in [-0.2, -0.15) is 0 Å². The number of nitrogens with zero attached hydrogens (tertiary/aromatic N) is 3. The third-order valence-corrected chi connectivity index (χ3v) is 6.53. The molecule has 0 bridgehead atoms. The fourth-order valence-electron chi connectivity index (χ4n) is 5.07. The summed E-state index contributed by atoms with van der Waals surface area (Å²) in [5.41, 5.74) is 9.39. The smallest absolute Gasteiger partial charge is 0.224 e. The summed E-state index contributed by atoms with van der Waals surface area (Å²) in [5.74, 6) is 0. The van der Waals surface area contributed by atoms with E-state index >= 15 is 0 Å². The average molecular weight is 374 g/mol. The highest BCUT2D eigenvalue weighted by molar-refractivity contribution is 6.26. The van der Waals surface area contributed by atoms with Crippen molar-refractivity contribution in [2.75, 3.05) is 0 Å². The molecule has 0 radical (unpaired) electrons. The van der Waals surface area contributed by atoms with E-state index in [1.54, 1.807) is 0 Å². The zero-order valence-corrected chi connectivity index (χ0v) is 17.0. The molecule has 0 atom stereocenters. The van der Waals surface area contributed by atoms with E-state index in [1.807, 2.05) is 6.07 Å². The Morgan fingerprint density at radius 2 is 1.72 bits per heavy atom. The van der Waals surface area contributed by atoms with Crippen LogP contribution >= 0.6 is 0 Å². The predicted molar refractivity (Wildman–Crippen MR) is 120 cm³/mol. The number of hydrogen-bond donors (Lipinski definition) is 0. The van der Waals surface area contributed by atoms with Crippen molar-refractivity contribution in [3.63, 3.8) is 0 Å². The second-order valence-electron chi connectivity index (χ2n) is 8.26. The van der Waals surface area contributed by atoms with Gasteiger partial charge in [0.05, 0.1) is 33.9 Å². The molecule has 3 aromatic heterocycles. The maximum atomic E-state index is 7.62. The fraction of sp³-hybridized carbons (Fsp3) is 0.154. The molecule has 0 N–H and O–H groups in total. The Kier molecular flexibility index (Phi) is 2.95. The number of hydrogen-bond acceptors (Lipinski definition) is 0. The Labute approximate surface area is 168 Å². The molecular weight excluding hydrogens is 354 g/mol. The van der Waals surface area contributed by atoms with Crippen LogP contribution in [0.4, 0.5) is 5.69 Å². The second-order valence-corrected chi connectivity index (χ2v) is 8.26. The molecule has 3 heterocycles. The van der Waals surface area contributed by atoms with Crippen LogP contribution in [0.5, 0.6) is 0 Å². The van der Waals surface area contributed by atoms with Crippen molar-refractivity contribution in [2.24, 2.45) is 7.05 Å². The van der Waals surface area contributed by atoms with Gasteiger partial charge in [0, 0.05) is 16.8 Å². The first-order valence-corrected chi connectivity index (χ1v) is 9.89. The summed E-state index contributed by atoms with van der Waals surface area (Å²) in [7, 11) is 2.12. The van der Waals surface area contributed by atoms with Crippen LogP contribution in [0.3, 0.4) is 0 Å². The molecule has 6 aromatic rings. The molecule has 0 unspecified atom stereocenters. The van der Waals surface area contributed by atoms with Crippen LogP contribution in [0, 0.1) is 27.3 Å². The van der Waals surface area contributed by atoms with E-state index in [4.69, 9.17) is 6.57 Å². The van der Waals surface area contributed by atoms with E-state index in [1.165, 1.54) is 54.8 Å². The van der Waals surface area contributed by atoms with Crippen molar-refractivity contribution in [1.29, 1.82) is 0 Å². The summed E-state index contributed by atoms with van der Waals surface area (Å²) in [5, 5.41) is 6.22. The first-order chi connectivity index (χ1) is 14.0. The van der Waals surface area contributed by atoms with Gasteiger partial charge in [0.2, 0.25) is 5.52 Å². The lowest BCUT2D eigenvalue weighted by Gasteiger charge is -2.14. The van der Waals surface area contributed by atoms with Gasteiger partial charge in [-0.25, -0.2) is 9.41 Å². The monoisotopic (exact) mass is 374 g/mol. The Morgan fingerprint density at radius 1 is 0.897 bits per heavy atom. The Balaban J connectivity index is 2.14. The zero-order valence-electron chi connectivity index (χ0n) is 17.0. The van der Waals surface area contributed by atoms with Gasteiger partial charge in [0.25, 0.3) is 0 Å². The van der Waals surface area contributed by atoms with E-state index in [0.29, 0.717) is 5.69 Å². The second kappa shape index (κ2) is 5.24. The van der Waals surface area contributed by atoms with Gasteiger partial charge >= 0.3 is 0 Å². The minimum absolute atomic E-state index is 0.682. The van der Waals surface area contributed by atoms with Crippen LogP contribution in [0.25, 0.3) is 53.8 Å². The number of benzene rings is 3. The molecule has 3 nitrogen and oxygen atoms in total. The highest BCUT2D eigenvalue weighted by Crippen LogP contribution is 2.42. The molecular formula is C26H20N3+. The third-order valence-electron chi connectivity index (χ3n) is 6.53. The van der Waals surface area contributed by atoms with Crippen molar-refractivity contribution in [1.82, 2.24) is 4.40 Å². The third kappa shape index (κ3) is 1.89. The zero-order chi connectivity index (χ0) is 20.0. The van der Waals surface area contributed by atoms with Gasteiger partial charge in [0.15, 0.2) is 11.9 Å². The summed E-state index contributed by atoms with van der Waals surface area (Å²) in [4.78, 5) is 3.77. The van der Waals surface area contributed by atoms with E-state index in [-0.39, 0.29) is 0 Å². The van der Waals surface area contributed by atoms with Crippen LogP contribution in [-0.4, -0.2) is 4.40 Å². The van der Waals surface area contributed by atoms with Crippen molar-refractivity contribution in [3.05, 3.63) is 76.8 Å². The molecule has 138 valence electrons. The molecule has 3 aromatic carbocycles. The Bertz CT molecular complexity index is 1690. The van der Waals surface area contributed by atoms with Crippen molar-refractivity contribution >= 4 is 54.7 Å². The molecule has 29 heavy (non-hydrogen) atoms. The van der Waals surface area contributed by atoms with Crippen molar-refractivity contribution in [2.45, 2.75) is 20.8 Å². The molecule has 0 saturated heterocycles. The molecule has 0 fully saturated rings. The van der Waals surface area contributed by atoms with Gasteiger partial charge in [-0.05, 0) is 67.6 Å². The molecule has 0 spiro atoms. The topological polar surface area (TPSA) is 12.7 Å². The predicted octanol–water partition coefficient (Wildman–Crippen LogP) is 6.29. The average Bonchev–Trinajstić information content (AvgIpc) is 3.03. The molecule has 0 aliphatic heterocycles. The number of aryl methyl sites for hydroxylation is 4. The fourth-order valence-corrected chi connectivity index (χ4v) is 5.07. The van der Waals surface area contributed by atoms with Gasteiger partial charge in [0.1, 0.15) is 7.05 Å². The van der Waals surface area contributed by atoms with E-state index in [9.17, 15) is 0 Å². The molecule has 3 heteroatoms. The largest absolute Gasteiger partial charge is 0.309 e. The van der Waals surface area contributed by atoms with Crippen LogP contribution in [-0.2, 0) is 7.05 Å². The van der Waals surface area contributed by atoms with Crippen LogP contribution in [0.1, 0.15) is 16.7 Å². The van der Waals surface area contributed by atoms with Crippen LogP contribution in [0.2, 0.25) is 0 Å². The van der Waals surface area contributed by atoms with Crippen LogP contribution < -0.4 is 4.57 Å².